The van der Waals surface area contributed by atoms with Crippen molar-refractivity contribution < 1.29 is 5.11 Å². The highest BCUT2D eigenvalue weighted by molar-refractivity contribution is 9.39. The van der Waals surface area contributed by atoms with Crippen LogP contribution < -0.4 is 0 Å². The number of alkyl halides is 4. The lowest BCUT2D eigenvalue weighted by Crippen LogP contribution is -2.51. The van der Waals surface area contributed by atoms with Crippen LogP contribution in [0.1, 0.15) is 25.7 Å². The van der Waals surface area contributed by atoms with Crippen molar-refractivity contribution in [3.8, 4) is 0 Å². The first kappa shape index (κ1) is 11.8. The molecule has 0 bridgehead atoms. The number of halogens is 4. The molecule has 0 saturated heterocycles. The zero-order chi connectivity index (χ0) is 9.41. The Labute approximate surface area is 103 Å². The van der Waals surface area contributed by atoms with E-state index in [-0.39, 0.29) is 5.38 Å². The summed E-state index contributed by atoms with van der Waals surface area (Å²) in [5, 5.41) is 10.00. The molecule has 1 fully saturated rings. The molecule has 5 heteroatoms. The molecule has 1 nitrogen and oxygen atoms in total. The predicted octanol–water partition coefficient (Wildman–Crippen LogP) is 3.74. The summed E-state index contributed by atoms with van der Waals surface area (Å²) in [6.07, 6.45) is 3.69. The lowest BCUT2D eigenvalue weighted by atomic mass is 9.86. The second-order valence-corrected chi connectivity index (χ2v) is 10.4. The molecule has 1 rings (SSSR count). The Kier molecular flexibility index (Phi) is 3.97. The van der Waals surface area contributed by atoms with Gasteiger partial charge in [0, 0.05) is 0 Å². The van der Waals surface area contributed by atoms with Gasteiger partial charge in [0.1, 0.15) is 5.60 Å². The van der Waals surface area contributed by atoms with Crippen LogP contribution in [-0.2, 0) is 0 Å². The third-order valence-corrected chi connectivity index (χ3v) is 4.91. The lowest BCUT2D eigenvalue weighted by Gasteiger charge is -2.42. The topological polar surface area (TPSA) is 20.2 Å². The van der Waals surface area contributed by atoms with Crippen LogP contribution in [0.25, 0.3) is 0 Å². The molecule has 0 aromatic heterocycles. The molecule has 0 heterocycles. The van der Waals surface area contributed by atoms with Crippen LogP contribution in [0.4, 0.5) is 0 Å². The first-order valence-electron chi connectivity index (χ1n) is 3.81. The van der Waals surface area contributed by atoms with Gasteiger partial charge in [0.15, 0.2) is 2.14 Å². The van der Waals surface area contributed by atoms with Crippen LogP contribution >= 0.6 is 59.4 Å². The van der Waals surface area contributed by atoms with Crippen LogP contribution in [-0.4, -0.2) is 18.2 Å². The second-order valence-electron chi connectivity index (χ2n) is 3.14. The smallest absolute Gasteiger partial charge is 0.164 e. The number of hydrogen-bond acceptors (Lipinski definition) is 1. The zero-order valence-corrected chi connectivity index (χ0v) is 11.9. The van der Waals surface area contributed by atoms with E-state index in [9.17, 15) is 5.11 Å². The van der Waals surface area contributed by atoms with E-state index in [1.807, 2.05) is 0 Å². The minimum atomic E-state index is -0.910. The van der Waals surface area contributed by atoms with E-state index in [2.05, 4.69) is 47.8 Å². The Bertz CT molecular complexity index is 171. The summed E-state index contributed by atoms with van der Waals surface area (Å²) in [5.41, 5.74) is -0.910. The van der Waals surface area contributed by atoms with E-state index < -0.39 is 7.74 Å². The average Bonchev–Trinajstić information content (AvgIpc) is 1.93. The van der Waals surface area contributed by atoms with Crippen LogP contribution in [0.5, 0.6) is 0 Å². The maximum atomic E-state index is 10.2. The van der Waals surface area contributed by atoms with Crippen molar-refractivity contribution in [2.24, 2.45) is 0 Å². The van der Waals surface area contributed by atoms with Gasteiger partial charge in [-0.3, -0.25) is 0 Å². The Hall–Kier alpha value is 1.69. The molecular weight excluding hydrogens is 375 g/mol. The molecule has 2 atom stereocenters. The summed E-state index contributed by atoms with van der Waals surface area (Å²) in [6, 6.07) is 0. The molecule has 1 saturated carbocycles. The van der Waals surface area contributed by atoms with Gasteiger partial charge in [0.25, 0.3) is 0 Å². The molecule has 0 spiro atoms. The molecule has 1 aliphatic rings. The summed E-state index contributed by atoms with van der Waals surface area (Å²) in [5.74, 6) is 0. The van der Waals surface area contributed by atoms with E-state index >= 15 is 0 Å². The molecule has 0 aromatic carbocycles. The largest absolute Gasteiger partial charge is 0.385 e. The first-order valence-corrected chi connectivity index (χ1v) is 6.62. The summed E-state index contributed by atoms with van der Waals surface area (Å²) < 4.78 is -0.660. The van der Waals surface area contributed by atoms with E-state index in [1.165, 1.54) is 0 Å². The fourth-order valence-electron chi connectivity index (χ4n) is 1.43. The van der Waals surface area contributed by atoms with Crippen molar-refractivity contribution in [2.75, 3.05) is 0 Å². The van der Waals surface area contributed by atoms with Crippen molar-refractivity contribution in [3.05, 3.63) is 0 Å². The summed E-state index contributed by atoms with van der Waals surface area (Å²) in [4.78, 5) is 0. The van der Waals surface area contributed by atoms with Gasteiger partial charge in [0.05, 0.1) is 5.38 Å². The van der Waals surface area contributed by atoms with Crippen LogP contribution in [0.15, 0.2) is 0 Å². The zero-order valence-electron chi connectivity index (χ0n) is 6.36. The first-order chi connectivity index (χ1) is 5.38. The predicted molar refractivity (Wildman–Crippen MR) is 62.6 cm³/mol. The Morgan fingerprint density at radius 1 is 1.33 bits per heavy atom. The summed E-state index contributed by atoms with van der Waals surface area (Å²) in [7, 11) is 0. The van der Waals surface area contributed by atoms with Crippen molar-refractivity contribution in [3.63, 3.8) is 0 Å². The average molecular weight is 385 g/mol. The monoisotopic (exact) mass is 382 g/mol. The molecule has 0 radical (unpaired) electrons. The van der Waals surface area contributed by atoms with E-state index in [1.54, 1.807) is 0 Å². The molecule has 0 amide bonds. The standard InChI is InChI=1S/C7H10Br3ClO/c8-7(9,10)6(12)4-2-1-3-5(6)11/h5,12H,1-4H2/t5-,6-/m1/s1. The molecule has 12 heavy (non-hydrogen) atoms. The molecular formula is C7H10Br3ClO. The van der Waals surface area contributed by atoms with Gasteiger partial charge < -0.3 is 5.11 Å². The van der Waals surface area contributed by atoms with Crippen molar-refractivity contribution in [1.29, 1.82) is 0 Å². The van der Waals surface area contributed by atoms with Crippen molar-refractivity contribution in [2.45, 2.75) is 38.8 Å². The van der Waals surface area contributed by atoms with Gasteiger partial charge in [-0.1, -0.05) is 60.6 Å². The van der Waals surface area contributed by atoms with Crippen molar-refractivity contribution >= 4 is 59.4 Å². The number of aliphatic hydroxyl groups is 1. The second kappa shape index (κ2) is 4.05. The van der Waals surface area contributed by atoms with Gasteiger partial charge in [-0.25, -0.2) is 0 Å². The molecule has 0 unspecified atom stereocenters. The quantitative estimate of drug-likeness (QED) is 0.630. The summed E-state index contributed by atoms with van der Waals surface area (Å²) in [6.45, 7) is 0. The Balaban J connectivity index is 2.79. The van der Waals surface area contributed by atoms with Gasteiger partial charge in [0.2, 0.25) is 0 Å². The Morgan fingerprint density at radius 3 is 2.25 bits per heavy atom. The van der Waals surface area contributed by atoms with E-state index in [0.29, 0.717) is 6.42 Å². The van der Waals surface area contributed by atoms with Gasteiger partial charge in [-0.15, -0.1) is 11.6 Å². The third-order valence-electron chi connectivity index (χ3n) is 2.27. The highest BCUT2D eigenvalue weighted by Gasteiger charge is 2.51. The number of hydrogen-bond donors (Lipinski definition) is 1. The maximum Gasteiger partial charge on any atom is 0.164 e. The minimum absolute atomic E-state index is 0.204. The van der Waals surface area contributed by atoms with Gasteiger partial charge in [-0.2, -0.15) is 0 Å². The van der Waals surface area contributed by atoms with Gasteiger partial charge in [-0.05, 0) is 12.8 Å². The molecule has 0 aliphatic heterocycles. The normalized spacial score (nSPS) is 38.2. The van der Waals surface area contributed by atoms with Crippen LogP contribution in [0.3, 0.4) is 0 Å². The molecule has 0 aromatic rings. The number of rotatable bonds is 0. The highest BCUT2D eigenvalue weighted by Crippen LogP contribution is 2.51. The fourth-order valence-corrected chi connectivity index (χ4v) is 3.68. The van der Waals surface area contributed by atoms with Crippen LogP contribution in [0, 0.1) is 0 Å². The van der Waals surface area contributed by atoms with E-state index in [4.69, 9.17) is 11.6 Å². The Morgan fingerprint density at radius 2 is 1.92 bits per heavy atom. The van der Waals surface area contributed by atoms with Crippen LogP contribution in [0.2, 0.25) is 0 Å². The SMILES string of the molecule is O[C@]1(C(Br)(Br)Br)CCCC[C@H]1Cl. The third kappa shape index (κ3) is 2.19. The molecule has 1 N–H and O–H groups in total. The van der Waals surface area contributed by atoms with Gasteiger partial charge >= 0.3 is 0 Å². The van der Waals surface area contributed by atoms with E-state index in [0.717, 1.165) is 19.3 Å². The highest BCUT2D eigenvalue weighted by atomic mass is 80.0. The maximum absolute atomic E-state index is 10.2. The summed E-state index contributed by atoms with van der Waals surface area (Å²) >= 11 is 16.1. The molecule has 1 aliphatic carbocycles. The molecule has 72 valence electrons. The minimum Gasteiger partial charge on any atom is -0.385 e. The lowest BCUT2D eigenvalue weighted by molar-refractivity contribution is 0.0215. The fraction of sp³-hybridized carbons (Fsp3) is 1.00. The van der Waals surface area contributed by atoms with Crippen molar-refractivity contribution in [1.82, 2.24) is 0 Å².